The number of nitrogens with zero attached hydrogens (tertiary/aromatic N) is 1. The zero-order valence-corrected chi connectivity index (χ0v) is 18.6. The number of thioether (sulfide) groups is 1. The molecule has 0 saturated carbocycles. The topological polar surface area (TPSA) is 85.2 Å². The third-order valence-corrected chi connectivity index (χ3v) is 5.69. The molecule has 0 radical (unpaired) electrons. The summed E-state index contributed by atoms with van der Waals surface area (Å²) < 4.78 is 10.4. The molecule has 1 aliphatic heterocycles. The minimum absolute atomic E-state index is 0.106. The Labute approximate surface area is 185 Å². The maximum absolute atomic E-state index is 12.7. The number of hydrogen-bond acceptors (Lipinski definition) is 6. The smallest absolute Gasteiger partial charge is 0.344 e. The van der Waals surface area contributed by atoms with Crippen LogP contribution in [-0.4, -0.2) is 35.7 Å². The standard InChI is InChI=1S/C24H23NO5S/c1-5-30-24(28)20-21(26)19(13-16-10-11-18(29-4)15(3)12-16)31-23(20)25-22(27)17-9-7-6-8-14(17)2/h6-13,26H,5H2,1-4H3/b19-13-,25-23?. The molecule has 3 rings (SSSR count). The fourth-order valence-electron chi connectivity index (χ4n) is 3.10. The van der Waals surface area contributed by atoms with E-state index in [1.54, 1.807) is 32.2 Å². The largest absolute Gasteiger partial charge is 0.506 e. The maximum Gasteiger partial charge on any atom is 0.344 e. The van der Waals surface area contributed by atoms with Crippen LogP contribution in [0.3, 0.4) is 0 Å². The molecule has 7 heteroatoms. The van der Waals surface area contributed by atoms with Crippen LogP contribution >= 0.6 is 11.8 Å². The highest BCUT2D eigenvalue weighted by molar-refractivity contribution is 8.18. The van der Waals surface area contributed by atoms with Crippen LogP contribution in [0.1, 0.15) is 34.0 Å². The number of aliphatic imine (C=N–C) groups is 1. The molecule has 1 aliphatic rings. The maximum atomic E-state index is 12.7. The molecule has 2 aromatic rings. The predicted molar refractivity (Wildman–Crippen MR) is 123 cm³/mol. The van der Waals surface area contributed by atoms with Gasteiger partial charge in [-0.25, -0.2) is 9.79 Å². The van der Waals surface area contributed by atoms with Gasteiger partial charge in [-0.2, -0.15) is 0 Å². The molecule has 160 valence electrons. The van der Waals surface area contributed by atoms with E-state index in [4.69, 9.17) is 9.47 Å². The molecule has 0 aromatic heterocycles. The van der Waals surface area contributed by atoms with E-state index in [1.165, 1.54) is 0 Å². The molecule has 31 heavy (non-hydrogen) atoms. The number of ether oxygens (including phenoxy) is 2. The van der Waals surface area contributed by atoms with Crippen molar-refractivity contribution >= 4 is 34.8 Å². The molecule has 0 aliphatic carbocycles. The van der Waals surface area contributed by atoms with Crippen molar-refractivity contribution in [3.63, 3.8) is 0 Å². The Morgan fingerprint density at radius 1 is 1.13 bits per heavy atom. The lowest BCUT2D eigenvalue weighted by Crippen LogP contribution is -2.14. The van der Waals surface area contributed by atoms with Gasteiger partial charge in [0.2, 0.25) is 0 Å². The molecule has 1 N–H and O–H groups in total. The lowest BCUT2D eigenvalue weighted by Gasteiger charge is -2.05. The van der Waals surface area contributed by atoms with Gasteiger partial charge in [0.25, 0.3) is 5.91 Å². The fraction of sp³-hybridized carbons (Fsp3) is 0.208. The van der Waals surface area contributed by atoms with E-state index in [1.807, 2.05) is 44.2 Å². The summed E-state index contributed by atoms with van der Waals surface area (Å²) in [4.78, 5) is 29.8. The van der Waals surface area contributed by atoms with E-state index in [0.29, 0.717) is 10.5 Å². The van der Waals surface area contributed by atoms with Crippen molar-refractivity contribution < 1.29 is 24.2 Å². The summed E-state index contributed by atoms with van der Waals surface area (Å²) in [5.41, 5.74) is 2.83. The first-order valence-corrected chi connectivity index (χ1v) is 10.5. The first-order valence-electron chi connectivity index (χ1n) is 9.69. The van der Waals surface area contributed by atoms with Gasteiger partial charge < -0.3 is 14.6 Å². The summed E-state index contributed by atoms with van der Waals surface area (Å²) >= 11 is 1.05. The lowest BCUT2D eigenvalue weighted by atomic mass is 10.1. The Morgan fingerprint density at radius 3 is 2.52 bits per heavy atom. The fourth-order valence-corrected chi connectivity index (χ4v) is 4.11. The Hall–Kier alpha value is -3.32. The minimum Gasteiger partial charge on any atom is -0.506 e. The summed E-state index contributed by atoms with van der Waals surface area (Å²) in [5, 5.41) is 10.9. The monoisotopic (exact) mass is 437 g/mol. The Morgan fingerprint density at radius 2 is 1.87 bits per heavy atom. The number of amides is 1. The average molecular weight is 438 g/mol. The molecule has 6 nitrogen and oxygen atoms in total. The van der Waals surface area contributed by atoms with Crippen LogP contribution in [0, 0.1) is 13.8 Å². The van der Waals surface area contributed by atoms with Gasteiger partial charge in [-0.05, 0) is 61.7 Å². The van der Waals surface area contributed by atoms with Crippen molar-refractivity contribution in [2.45, 2.75) is 20.8 Å². The molecule has 0 fully saturated rings. The van der Waals surface area contributed by atoms with Crippen molar-refractivity contribution in [3.8, 4) is 5.75 Å². The van der Waals surface area contributed by atoms with Gasteiger partial charge in [-0.3, -0.25) is 4.79 Å². The van der Waals surface area contributed by atoms with E-state index in [2.05, 4.69) is 4.99 Å². The van der Waals surface area contributed by atoms with Crippen LogP contribution in [0.5, 0.6) is 5.75 Å². The van der Waals surface area contributed by atoms with Crippen molar-refractivity contribution in [3.05, 3.63) is 81.0 Å². The molecule has 0 saturated heterocycles. The molecule has 1 heterocycles. The number of aryl methyl sites for hydroxylation is 2. The average Bonchev–Trinajstić information content (AvgIpc) is 3.03. The number of methoxy groups -OCH3 is 1. The predicted octanol–water partition coefficient (Wildman–Crippen LogP) is 5.01. The molecule has 1 amide bonds. The van der Waals surface area contributed by atoms with Gasteiger partial charge in [0.1, 0.15) is 22.1 Å². The first kappa shape index (κ1) is 22.4. The van der Waals surface area contributed by atoms with Crippen molar-refractivity contribution in [1.29, 1.82) is 0 Å². The molecule has 0 bridgehead atoms. The molecular weight excluding hydrogens is 414 g/mol. The number of carbonyl (C=O) groups is 2. The minimum atomic E-state index is -0.724. The second-order valence-electron chi connectivity index (χ2n) is 6.82. The zero-order chi connectivity index (χ0) is 22.5. The van der Waals surface area contributed by atoms with Crippen LogP contribution in [0.2, 0.25) is 0 Å². The zero-order valence-electron chi connectivity index (χ0n) is 17.8. The van der Waals surface area contributed by atoms with Crippen LogP contribution in [0.15, 0.2) is 63.7 Å². The molecular formula is C24H23NO5S. The van der Waals surface area contributed by atoms with E-state index < -0.39 is 11.9 Å². The summed E-state index contributed by atoms with van der Waals surface area (Å²) in [5.74, 6) is -0.720. The van der Waals surface area contributed by atoms with E-state index in [9.17, 15) is 14.7 Å². The number of aliphatic hydroxyl groups excluding tert-OH is 1. The molecule has 0 spiro atoms. The molecule has 0 unspecified atom stereocenters. The van der Waals surface area contributed by atoms with Crippen LogP contribution in [-0.2, 0) is 9.53 Å². The van der Waals surface area contributed by atoms with E-state index in [0.717, 1.165) is 34.2 Å². The number of hydrogen-bond donors (Lipinski definition) is 1. The van der Waals surface area contributed by atoms with Crippen LogP contribution < -0.4 is 4.74 Å². The normalized spacial score (nSPS) is 16.1. The Balaban J connectivity index is 2.03. The summed E-state index contributed by atoms with van der Waals surface area (Å²) in [6.45, 7) is 5.53. The second-order valence-corrected chi connectivity index (χ2v) is 7.85. The highest BCUT2D eigenvalue weighted by Crippen LogP contribution is 2.39. The second kappa shape index (κ2) is 9.66. The number of benzene rings is 2. The van der Waals surface area contributed by atoms with Gasteiger partial charge in [-0.15, -0.1) is 0 Å². The summed E-state index contributed by atoms with van der Waals surface area (Å²) in [7, 11) is 1.60. The first-order chi connectivity index (χ1) is 14.8. The summed E-state index contributed by atoms with van der Waals surface area (Å²) in [6, 6.07) is 12.6. The van der Waals surface area contributed by atoms with E-state index in [-0.39, 0.29) is 23.0 Å². The van der Waals surface area contributed by atoms with Crippen molar-refractivity contribution in [1.82, 2.24) is 0 Å². The van der Waals surface area contributed by atoms with Crippen LogP contribution in [0.25, 0.3) is 6.08 Å². The number of carbonyl (C=O) groups excluding carboxylic acids is 2. The third kappa shape index (κ3) is 4.88. The Kier molecular flexibility index (Phi) is 6.97. The molecule has 2 aromatic carbocycles. The van der Waals surface area contributed by atoms with Gasteiger partial charge in [0.15, 0.2) is 0 Å². The van der Waals surface area contributed by atoms with Crippen molar-refractivity contribution in [2.75, 3.05) is 13.7 Å². The van der Waals surface area contributed by atoms with Gasteiger partial charge >= 0.3 is 5.97 Å². The van der Waals surface area contributed by atoms with Gasteiger partial charge in [0.05, 0.1) is 18.6 Å². The lowest BCUT2D eigenvalue weighted by molar-refractivity contribution is -0.138. The quantitative estimate of drug-likeness (QED) is 0.662. The highest BCUT2D eigenvalue weighted by Gasteiger charge is 2.34. The highest BCUT2D eigenvalue weighted by atomic mass is 32.2. The number of rotatable bonds is 5. The van der Waals surface area contributed by atoms with Gasteiger partial charge in [-0.1, -0.05) is 36.0 Å². The van der Waals surface area contributed by atoms with Crippen molar-refractivity contribution in [2.24, 2.45) is 4.99 Å². The van der Waals surface area contributed by atoms with Gasteiger partial charge in [0, 0.05) is 5.56 Å². The third-order valence-electron chi connectivity index (χ3n) is 4.67. The SMILES string of the molecule is CCOC(=O)C1=C(O)/C(=C/c2ccc(OC)c(C)c2)SC1=NC(=O)c1ccccc1C. The number of aliphatic hydroxyl groups is 1. The van der Waals surface area contributed by atoms with E-state index >= 15 is 0 Å². The molecule has 0 atom stereocenters. The summed E-state index contributed by atoms with van der Waals surface area (Å²) in [6.07, 6.45) is 1.73. The Bertz CT molecular complexity index is 1130. The number of esters is 1. The van der Waals surface area contributed by atoms with Crippen LogP contribution in [0.4, 0.5) is 0 Å².